The fourth-order valence-electron chi connectivity index (χ4n) is 4.82. The lowest BCUT2D eigenvalue weighted by atomic mass is 9.79. The van der Waals surface area contributed by atoms with Crippen molar-refractivity contribution >= 4 is 5.84 Å². The van der Waals surface area contributed by atoms with Crippen LogP contribution in [-0.4, -0.2) is 29.5 Å². The van der Waals surface area contributed by atoms with Crippen LogP contribution >= 0.6 is 0 Å². The van der Waals surface area contributed by atoms with Crippen LogP contribution in [0.5, 0.6) is 11.8 Å². The highest BCUT2D eigenvalue weighted by Crippen LogP contribution is 2.45. The van der Waals surface area contributed by atoms with Crippen LogP contribution in [0.1, 0.15) is 69.3 Å². The Labute approximate surface area is 194 Å². The van der Waals surface area contributed by atoms with Gasteiger partial charge in [0, 0.05) is 26.2 Å². The van der Waals surface area contributed by atoms with Crippen molar-refractivity contribution in [2.75, 3.05) is 13.7 Å². The maximum absolute atomic E-state index is 14.3. The summed E-state index contributed by atoms with van der Waals surface area (Å²) >= 11 is 0. The van der Waals surface area contributed by atoms with Crippen LogP contribution in [0.4, 0.5) is 4.39 Å². The number of halogens is 1. The smallest absolute Gasteiger partial charge is 0.213 e. The molecule has 33 heavy (non-hydrogen) atoms. The number of hydrogen-bond donors (Lipinski definition) is 2. The van der Waals surface area contributed by atoms with E-state index in [2.05, 4.69) is 20.3 Å². The van der Waals surface area contributed by atoms with Crippen LogP contribution in [-0.2, 0) is 0 Å². The van der Waals surface area contributed by atoms with Crippen LogP contribution in [0, 0.1) is 23.2 Å². The first-order chi connectivity index (χ1) is 16.1. The van der Waals surface area contributed by atoms with E-state index in [4.69, 9.17) is 20.7 Å². The molecule has 4 rings (SSSR count). The molecule has 8 nitrogen and oxygen atoms in total. The van der Waals surface area contributed by atoms with Gasteiger partial charge in [0.25, 0.3) is 0 Å². The average molecular weight is 457 g/mol. The second-order valence-corrected chi connectivity index (χ2v) is 9.04. The van der Waals surface area contributed by atoms with Crippen LogP contribution in [0.25, 0.3) is 0 Å². The molecule has 2 aliphatic rings. The number of amidine groups is 1. The summed E-state index contributed by atoms with van der Waals surface area (Å²) in [6.45, 7) is 0.598. The van der Waals surface area contributed by atoms with E-state index in [1.165, 1.54) is 19.0 Å². The van der Waals surface area contributed by atoms with E-state index in [9.17, 15) is 4.39 Å². The Hall–Kier alpha value is -3.10. The molecule has 2 aromatic heterocycles. The Kier molecular flexibility index (Phi) is 7.47. The van der Waals surface area contributed by atoms with Crippen molar-refractivity contribution in [1.82, 2.24) is 9.97 Å². The van der Waals surface area contributed by atoms with Gasteiger partial charge in [-0.05, 0) is 79.4 Å². The molecular weight excluding hydrogens is 423 g/mol. The molecule has 2 fully saturated rings. The molecule has 178 valence electrons. The van der Waals surface area contributed by atoms with Gasteiger partial charge in [0.15, 0.2) is 0 Å². The van der Waals surface area contributed by atoms with Crippen molar-refractivity contribution in [1.29, 1.82) is 5.53 Å². The number of ether oxygens (including phenoxy) is 2. The zero-order chi connectivity index (χ0) is 23.2. The minimum absolute atomic E-state index is 0. The molecule has 2 aliphatic carbocycles. The van der Waals surface area contributed by atoms with E-state index < -0.39 is 0 Å². The molecule has 2 aromatic rings. The lowest BCUT2D eigenvalue weighted by Gasteiger charge is -2.29. The van der Waals surface area contributed by atoms with Gasteiger partial charge in [-0.2, -0.15) is 5.53 Å². The monoisotopic (exact) mass is 456 g/mol. The molecule has 9 heteroatoms. The van der Waals surface area contributed by atoms with Crippen LogP contribution in [0.3, 0.4) is 0 Å². The lowest BCUT2D eigenvalue weighted by Crippen LogP contribution is -2.20. The Bertz CT molecular complexity index is 995. The number of aromatic nitrogens is 2. The summed E-state index contributed by atoms with van der Waals surface area (Å²) in [6, 6.07) is 5.72. The van der Waals surface area contributed by atoms with Crippen molar-refractivity contribution in [3.8, 4) is 11.8 Å². The Balaban J connectivity index is 0.00000324. The molecule has 2 heterocycles. The summed E-state index contributed by atoms with van der Waals surface area (Å²) in [7, 11) is 1.55. The van der Waals surface area contributed by atoms with Crippen molar-refractivity contribution in [2.45, 2.75) is 56.8 Å². The summed E-state index contributed by atoms with van der Waals surface area (Å²) in [4.78, 5) is 8.33. The lowest BCUT2D eigenvalue weighted by molar-refractivity contribution is 0.193. The Morgan fingerprint density at radius 1 is 1.21 bits per heavy atom. The second kappa shape index (κ2) is 10.7. The summed E-state index contributed by atoms with van der Waals surface area (Å²) in [6.07, 6.45) is 9.71. The largest absolute Gasteiger partial charge is 0.481 e. The molecule has 0 unspecified atom stereocenters. The standard InChI is InChI=1S/C24H31FN6O2.H2/c1-32-23-12-20(21(25)13-29-23)17-4-2-15(3-5-17)14-33-24-10-18(8-9-28-24)19(16-6-7-16)11-22(26)30-31-27;/h8-10,12-13,15-17,19H,2-7,11,14H2,1H3,(H3,26,27,30);1H/t15?,17?,19-;/m0./s1. The summed E-state index contributed by atoms with van der Waals surface area (Å²) in [5.74, 6) is 2.59. The zero-order valence-corrected chi connectivity index (χ0v) is 18.9. The predicted molar refractivity (Wildman–Crippen MR) is 124 cm³/mol. The van der Waals surface area contributed by atoms with Crippen molar-refractivity contribution in [3.63, 3.8) is 0 Å². The first-order valence-corrected chi connectivity index (χ1v) is 11.5. The van der Waals surface area contributed by atoms with Crippen LogP contribution in [0.2, 0.25) is 0 Å². The van der Waals surface area contributed by atoms with Gasteiger partial charge in [-0.1, -0.05) is 5.22 Å². The molecule has 2 saturated carbocycles. The van der Waals surface area contributed by atoms with Crippen molar-refractivity contribution in [3.05, 3.63) is 47.5 Å². The number of pyridine rings is 2. The Morgan fingerprint density at radius 2 is 2.00 bits per heavy atom. The highest BCUT2D eigenvalue weighted by molar-refractivity contribution is 5.81. The number of rotatable bonds is 10. The third-order valence-electron chi connectivity index (χ3n) is 6.81. The summed E-state index contributed by atoms with van der Waals surface area (Å²) in [5, 5.41) is 6.71. The van der Waals surface area contributed by atoms with E-state index >= 15 is 0 Å². The van der Waals surface area contributed by atoms with E-state index in [1.54, 1.807) is 19.4 Å². The maximum atomic E-state index is 14.3. The minimum atomic E-state index is -0.260. The van der Waals surface area contributed by atoms with E-state index in [0.717, 1.165) is 31.2 Å². The normalized spacial score (nSPS) is 21.9. The number of nitrogens with one attached hydrogen (secondary N) is 1. The Morgan fingerprint density at radius 3 is 2.70 bits per heavy atom. The van der Waals surface area contributed by atoms with Gasteiger partial charge < -0.3 is 15.2 Å². The zero-order valence-electron chi connectivity index (χ0n) is 18.9. The number of nitrogens with zero attached hydrogens (tertiary/aromatic N) is 4. The molecule has 1 atom stereocenters. The van der Waals surface area contributed by atoms with Gasteiger partial charge >= 0.3 is 0 Å². The van der Waals surface area contributed by atoms with Gasteiger partial charge in [0.1, 0.15) is 11.7 Å². The fraction of sp³-hybridized carbons (Fsp3) is 0.542. The van der Waals surface area contributed by atoms with Gasteiger partial charge in [-0.3, -0.25) is 0 Å². The molecule has 0 spiro atoms. The topological polar surface area (TPSA) is 119 Å². The SMILES string of the molecule is COc1cc(C2CCC(COc3cc([C@@H](C/C(N)=N/N=N)C4CC4)ccn3)CC2)c(F)cn1.[HH]. The first-order valence-electron chi connectivity index (χ1n) is 11.5. The third-order valence-corrected chi connectivity index (χ3v) is 6.81. The van der Waals surface area contributed by atoms with Gasteiger partial charge in [0.2, 0.25) is 11.8 Å². The molecule has 3 N–H and O–H groups in total. The average Bonchev–Trinajstić information content (AvgIpc) is 3.68. The maximum Gasteiger partial charge on any atom is 0.213 e. The van der Waals surface area contributed by atoms with E-state index in [0.29, 0.717) is 48.0 Å². The predicted octanol–water partition coefficient (Wildman–Crippen LogP) is 5.41. The van der Waals surface area contributed by atoms with Crippen molar-refractivity contribution in [2.24, 2.45) is 27.9 Å². The fourth-order valence-corrected chi connectivity index (χ4v) is 4.82. The van der Waals surface area contributed by atoms with Gasteiger partial charge in [-0.15, -0.1) is 5.10 Å². The summed E-state index contributed by atoms with van der Waals surface area (Å²) < 4.78 is 25.5. The van der Waals surface area contributed by atoms with E-state index in [1.807, 2.05) is 12.1 Å². The van der Waals surface area contributed by atoms with Crippen LogP contribution in [0.15, 0.2) is 40.9 Å². The van der Waals surface area contributed by atoms with Gasteiger partial charge in [-0.25, -0.2) is 14.4 Å². The minimum Gasteiger partial charge on any atom is -0.481 e. The quantitative estimate of drug-likeness (QED) is 0.214. The molecular formula is C24H33FN6O2. The number of methoxy groups -OCH3 is 1. The number of nitrogens with two attached hydrogens (primary N) is 1. The first kappa shape index (κ1) is 23.1. The van der Waals surface area contributed by atoms with E-state index in [-0.39, 0.29) is 19.1 Å². The van der Waals surface area contributed by atoms with Crippen LogP contribution < -0.4 is 15.2 Å². The molecule has 0 bridgehead atoms. The highest BCUT2D eigenvalue weighted by Gasteiger charge is 2.33. The highest BCUT2D eigenvalue weighted by atomic mass is 19.1. The molecule has 0 aliphatic heterocycles. The summed E-state index contributed by atoms with van der Waals surface area (Å²) in [5.41, 5.74) is 14.6. The second-order valence-electron chi connectivity index (χ2n) is 9.04. The molecule has 0 radical (unpaired) electrons. The molecule has 0 amide bonds. The molecule has 0 saturated heterocycles. The van der Waals surface area contributed by atoms with Gasteiger partial charge in [0.05, 0.1) is 19.9 Å². The van der Waals surface area contributed by atoms with Crippen molar-refractivity contribution < 1.29 is 15.3 Å². The number of hydrogen-bond acceptors (Lipinski definition) is 6. The molecule has 0 aromatic carbocycles. The third kappa shape index (κ3) is 6.03.